The number of carboxylic acids is 1. The van der Waals surface area contributed by atoms with Crippen molar-refractivity contribution < 1.29 is 14.6 Å². The summed E-state index contributed by atoms with van der Waals surface area (Å²) >= 11 is 0. The molecule has 0 aliphatic carbocycles. The molecule has 0 saturated heterocycles. The van der Waals surface area contributed by atoms with Crippen LogP contribution in [0.4, 0.5) is 0 Å². The molecule has 0 atom stereocenters. The van der Waals surface area contributed by atoms with Gasteiger partial charge in [0.25, 0.3) is 0 Å². The summed E-state index contributed by atoms with van der Waals surface area (Å²) in [5.41, 5.74) is 1.77. The van der Waals surface area contributed by atoms with E-state index in [9.17, 15) is 9.90 Å². The maximum atomic E-state index is 11.9. The van der Waals surface area contributed by atoms with Crippen LogP contribution in [-0.4, -0.2) is 17.7 Å². The van der Waals surface area contributed by atoms with Crippen LogP contribution in [0.3, 0.4) is 0 Å². The Labute approximate surface area is 140 Å². The lowest BCUT2D eigenvalue weighted by molar-refractivity contribution is -0.130. The molecule has 3 heteroatoms. The third-order valence-electron chi connectivity index (χ3n) is 3.79. The molecule has 0 amide bonds. The van der Waals surface area contributed by atoms with Crippen LogP contribution in [0.15, 0.2) is 66.7 Å². The van der Waals surface area contributed by atoms with Crippen molar-refractivity contribution in [3.8, 4) is 5.75 Å². The van der Waals surface area contributed by atoms with Crippen LogP contribution in [0.5, 0.6) is 5.75 Å². The third kappa shape index (κ3) is 3.30. The van der Waals surface area contributed by atoms with E-state index in [2.05, 4.69) is 0 Å². The van der Waals surface area contributed by atoms with Crippen LogP contribution in [0.1, 0.15) is 18.1 Å². The minimum Gasteiger partial charge on any atom is -0.494 e. The summed E-state index contributed by atoms with van der Waals surface area (Å²) in [5, 5.41) is 11.7. The van der Waals surface area contributed by atoms with Crippen molar-refractivity contribution in [3.05, 3.63) is 77.9 Å². The predicted molar refractivity (Wildman–Crippen MR) is 97.1 cm³/mol. The van der Waals surface area contributed by atoms with Crippen LogP contribution in [0.2, 0.25) is 0 Å². The first kappa shape index (κ1) is 15.8. The zero-order chi connectivity index (χ0) is 16.9. The molecular weight excluding hydrogens is 300 g/mol. The number of carbonyl (C=O) groups is 1. The van der Waals surface area contributed by atoms with Crippen LogP contribution in [0, 0.1) is 0 Å². The van der Waals surface area contributed by atoms with E-state index in [1.54, 1.807) is 6.08 Å². The molecule has 1 N–H and O–H groups in total. The summed E-state index contributed by atoms with van der Waals surface area (Å²) in [7, 11) is 0. The number of ether oxygens (including phenoxy) is 1. The van der Waals surface area contributed by atoms with Gasteiger partial charge in [-0.15, -0.1) is 0 Å². The SMILES string of the molecule is CCOc1cccc(/C=C(\C(=O)O)c2cccc3ccccc23)c1. The molecule has 0 heterocycles. The van der Waals surface area contributed by atoms with E-state index in [4.69, 9.17) is 4.74 Å². The highest BCUT2D eigenvalue weighted by atomic mass is 16.5. The maximum Gasteiger partial charge on any atom is 0.336 e. The Morgan fingerprint density at radius 1 is 1.04 bits per heavy atom. The second-order valence-electron chi connectivity index (χ2n) is 5.40. The van der Waals surface area contributed by atoms with E-state index >= 15 is 0 Å². The van der Waals surface area contributed by atoms with Gasteiger partial charge in [-0.1, -0.05) is 54.6 Å². The quantitative estimate of drug-likeness (QED) is 0.539. The first-order chi connectivity index (χ1) is 11.7. The summed E-state index contributed by atoms with van der Waals surface area (Å²) < 4.78 is 5.49. The lowest BCUT2D eigenvalue weighted by atomic mass is 9.96. The van der Waals surface area contributed by atoms with Crippen molar-refractivity contribution in [2.75, 3.05) is 6.61 Å². The molecule has 0 bridgehead atoms. The van der Waals surface area contributed by atoms with Gasteiger partial charge in [-0.3, -0.25) is 0 Å². The average Bonchev–Trinajstić information content (AvgIpc) is 2.60. The van der Waals surface area contributed by atoms with E-state index in [0.717, 1.165) is 22.1 Å². The Hall–Kier alpha value is -3.07. The first-order valence-corrected chi connectivity index (χ1v) is 7.85. The Morgan fingerprint density at radius 2 is 1.79 bits per heavy atom. The van der Waals surface area contributed by atoms with Crippen LogP contribution < -0.4 is 4.74 Å². The second-order valence-corrected chi connectivity index (χ2v) is 5.40. The van der Waals surface area contributed by atoms with E-state index in [1.165, 1.54) is 0 Å². The molecule has 0 aliphatic heterocycles. The minimum atomic E-state index is -0.951. The van der Waals surface area contributed by atoms with Crippen LogP contribution in [0.25, 0.3) is 22.4 Å². The normalized spacial score (nSPS) is 11.5. The van der Waals surface area contributed by atoms with Gasteiger partial charge in [0, 0.05) is 0 Å². The topological polar surface area (TPSA) is 46.5 Å². The molecule has 0 spiro atoms. The van der Waals surface area contributed by atoms with E-state index in [0.29, 0.717) is 12.2 Å². The molecule has 0 saturated carbocycles. The van der Waals surface area contributed by atoms with Gasteiger partial charge in [0.15, 0.2) is 0 Å². The van der Waals surface area contributed by atoms with Gasteiger partial charge in [0.05, 0.1) is 12.2 Å². The number of fused-ring (bicyclic) bond motifs is 1. The highest BCUT2D eigenvalue weighted by Gasteiger charge is 2.13. The lowest BCUT2D eigenvalue weighted by Gasteiger charge is -2.09. The largest absolute Gasteiger partial charge is 0.494 e. The number of hydrogen-bond acceptors (Lipinski definition) is 2. The summed E-state index contributed by atoms with van der Waals surface area (Å²) in [6.07, 6.45) is 1.69. The Morgan fingerprint density at radius 3 is 2.58 bits per heavy atom. The summed E-state index contributed by atoms with van der Waals surface area (Å²) in [6.45, 7) is 2.49. The fraction of sp³-hybridized carbons (Fsp3) is 0.0952. The van der Waals surface area contributed by atoms with Crippen molar-refractivity contribution in [3.63, 3.8) is 0 Å². The van der Waals surface area contributed by atoms with Gasteiger partial charge in [-0.2, -0.15) is 0 Å². The number of rotatable bonds is 5. The fourth-order valence-electron chi connectivity index (χ4n) is 2.74. The van der Waals surface area contributed by atoms with Gasteiger partial charge < -0.3 is 9.84 Å². The van der Waals surface area contributed by atoms with Crippen LogP contribution in [-0.2, 0) is 4.79 Å². The monoisotopic (exact) mass is 318 g/mol. The number of hydrogen-bond donors (Lipinski definition) is 1. The molecule has 3 rings (SSSR count). The van der Waals surface area contributed by atoms with Crippen molar-refractivity contribution in [2.24, 2.45) is 0 Å². The summed E-state index contributed by atoms with van der Waals surface area (Å²) in [5.74, 6) is -0.220. The molecule has 3 aromatic carbocycles. The van der Waals surface area contributed by atoms with E-state index < -0.39 is 5.97 Å². The van der Waals surface area contributed by atoms with Crippen molar-refractivity contribution in [1.29, 1.82) is 0 Å². The lowest BCUT2D eigenvalue weighted by Crippen LogP contribution is -2.00. The number of carboxylic acid groups (broad SMARTS) is 1. The Balaban J connectivity index is 2.13. The molecule has 0 aliphatic rings. The van der Waals surface area contributed by atoms with E-state index in [-0.39, 0.29) is 5.57 Å². The zero-order valence-electron chi connectivity index (χ0n) is 13.4. The van der Waals surface area contributed by atoms with Crippen LogP contribution >= 0.6 is 0 Å². The van der Waals surface area contributed by atoms with Gasteiger partial charge >= 0.3 is 5.97 Å². The van der Waals surface area contributed by atoms with E-state index in [1.807, 2.05) is 73.7 Å². The Kier molecular flexibility index (Phi) is 4.62. The van der Waals surface area contributed by atoms with Gasteiger partial charge in [-0.25, -0.2) is 4.79 Å². The van der Waals surface area contributed by atoms with Crippen molar-refractivity contribution in [2.45, 2.75) is 6.92 Å². The maximum absolute atomic E-state index is 11.9. The third-order valence-corrected chi connectivity index (χ3v) is 3.79. The van der Waals surface area contributed by atoms with Gasteiger partial charge in [-0.05, 0) is 47.0 Å². The molecule has 0 aromatic heterocycles. The second kappa shape index (κ2) is 7.01. The highest BCUT2D eigenvalue weighted by Crippen LogP contribution is 2.27. The minimum absolute atomic E-state index is 0.264. The molecule has 0 unspecified atom stereocenters. The standard InChI is InChI=1S/C21H18O3/c1-2-24-17-10-5-7-15(13-17)14-20(21(22)23)19-12-6-9-16-8-3-4-11-18(16)19/h3-14H,2H2,1H3,(H,22,23)/b20-14-. The van der Waals surface area contributed by atoms with Gasteiger partial charge in [0.1, 0.15) is 5.75 Å². The molecule has 0 fully saturated rings. The summed E-state index contributed by atoms with van der Waals surface area (Å²) in [4.78, 5) is 11.9. The molecule has 24 heavy (non-hydrogen) atoms. The highest BCUT2D eigenvalue weighted by molar-refractivity contribution is 6.23. The first-order valence-electron chi connectivity index (χ1n) is 7.85. The van der Waals surface area contributed by atoms with Gasteiger partial charge in [0.2, 0.25) is 0 Å². The smallest absolute Gasteiger partial charge is 0.336 e. The molecule has 120 valence electrons. The Bertz CT molecular complexity index is 904. The number of aliphatic carboxylic acids is 1. The van der Waals surface area contributed by atoms with Crippen molar-refractivity contribution in [1.82, 2.24) is 0 Å². The summed E-state index contributed by atoms with van der Waals surface area (Å²) in [6, 6.07) is 20.9. The average molecular weight is 318 g/mol. The number of benzene rings is 3. The fourth-order valence-corrected chi connectivity index (χ4v) is 2.74. The predicted octanol–water partition coefficient (Wildman–Crippen LogP) is 4.86. The molecule has 3 nitrogen and oxygen atoms in total. The zero-order valence-corrected chi connectivity index (χ0v) is 13.4. The molecule has 3 aromatic rings. The van der Waals surface area contributed by atoms with Crippen molar-refractivity contribution >= 4 is 28.4 Å². The molecule has 0 radical (unpaired) electrons. The molecular formula is C21H18O3.